The molecule has 6 nitrogen and oxygen atoms in total. The molecule has 9 aromatic rings. The molecule has 1 N–H and O–H groups in total. The van der Waals surface area contributed by atoms with Gasteiger partial charge in [0.1, 0.15) is 5.75 Å². The highest BCUT2D eigenvalue weighted by Gasteiger charge is 2.31. The van der Waals surface area contributed by atoms with E-state index in [0.29, 0.717) is 33.9 Å². The summed E-state index contributed by atoms with van der Waals surface area (Å²) < 4.78 is 7.79. The second-order valence-electron chi connectivity index (χ2n) is 15.7. The summed E-state index contributed by atoms with van der Waals surface area (Å²) in [6.07, 6.45) is 0. The van der Waals surface area contributed by atoms with Crippen molar-refractivity contribution in [1.29, 1.82) is 0 Å². The zero-order chi connectivity index (χ0) is 45.3. The van der Waals surface area contributed by atoms with Gasteiger partial charge in [-0.25, -0.2) is 4.79 Å². The molecule has 0 spiro atoms. The van der Waals surface area contributed by atoms with Gasteiger partial charge in [-0.1, -0.05) is 174 Å². The first-order valence-corrected chi connectivity index (χ1v) is 22.0. The number of nitrogens with zero attached hydrogens (tertiary/aromatic N) is 2. The molecule has 0 amide bonds. The van der Waals surface area contributed by atoms with Crippen LogP contribution in [0.25, 0.3) is 33.3 Å². The summed E-state index contributed by atoms with van der Waals surface area (Å²) in [5.41, 5.74) is 11.1. The Balaban J connectivity index is 0.000000178. The van der Waals surface area contributed by atoms with Crippen molar-refractivity contribution in [2.45, 2.75) is 26.1 Å². The molecule has 8 heteroatoms. The molecule has 0 radical (unpaired) electrons. The SMILES string of the molecule is COc1ccc(-c2c(-c3ccccc3)c3cc(Cl)ccc3n2Cc2ccccc2)cc1.Cc1ccc(C(C(=O)O)N(Cc2ccccc2)c2ccc(Cl)cc2C(=O)c2ccccc2)cc1. The number of benzene rings is 8. The Morgan fingerprint density at radius 1 is 0.631 bits per heavy atom. The topological polar surface area (TPSA) is 71.8 Å². The van der Waals surface area contributed by atoms with E-state index in [1.165, 1.54) is 22.4 Å². The molecule has 0 aliphatic carbocycles. The van der Waals surface area contributed by atoms with Crippen LogP contribution < -0.4 is 9.64 Å². The third kappa shape index (κ3) is 10.2. The highest BCUT2D eigenvalue weighted by Crippen LogP contribution is 2.43. The third-order valence-electron chi connectivity index (χ3n) is 11.3. The molecule has 0 aliphatic heterocycles. The summed E-state index contributed by atoms with van der Waals surface area (Å²) in [6.45, 7) is 3.02. The largest absolute Gasteiger partial charge is 0.497 e. The second-order valence-corrected chi connectivity index (χ2v) is 16.5. The predicted octanol–water partition coefficient (Wildman–Crippen LogP) is 14.4. The van der Waals surface area contributed by atoms with E-state index in [2.05, 4.69) is 83.4 Å². The van der Waals surface area contributed by atoms with Crippen LogP contribution in [0.3, 0.4) is 0 Å². The van der Waals surface area contributed by atoms with Crippen LogP contribution in [0.2, 0.25) is 10.0 Å². The van der Waals surface area contributed by atoms with Crippen LogP contribution in [0, 0.1) is 6.92 Å². The lowest BCUT2D eigenvalue weighted by molar-refractivity contribution is -0.138. The lowest BCUT2D eigenvalue weighted by Gasteiger charge is -2.33. The van der Waals surface area contributed by atoms with Crippen molar-refractivity contribution in [3.63, 3.8) is 0 Å². The number of aliphatic carboxylic acids is 1. The molecule has 0 bridgehead atoms. The van der Waals surface area contributed by atoms with E-state index in [1.54, 1.807) is 54.5 Å². The Morgan fingerprint density at radius 3 is 1.82 bits per heavy atom. The molecule has 8 aromatic carbocycles. The number of carboxylic acids is 1. The van der Waals surface area contributed by atoms with Gasteiger partial charge >= 0.3 is 5.97 Å². The maximum atomic E-state index is 13.5. The van der Waals surface area contributed by atoms with Gasteiger partial charge in [-0.05, 0) is 95.4 Å². The number of halogens is 2. The number of ether oxygens (including phenoxy) is 1. The number of carboxylic acid groups (broad SMARTS) is 1. The van der Waals surface area contributed by atoms with Gasteiger partial charge in [0.25, 0.3) is 0 Å². The van der Waals surface area contributed by atoms with Crippen molar-refractivity contribution in [3.8, 4) is 28.1 Å². The average Bonchev–Trinajstić information content (AvgIpc) is 3.65. The average molecular weight is 894 g/mol. The minimum absolute atomic E-state index is 0.218. The Kier molecular flexibility index (Phi) is 13.9. The quantitative estimate of drug-likeness (QED) is 0.117. The number of carbonyl (C=O) groups excluding carboxylic acids is 1. The fraction of sp³-hybridized carbons (Fsp3) is 0.0877. The third-order valence-corrected chi connectivity index (χ3v) is 11.8. The van der Waals surface area contributed by atoms with Gasteiger partial charge in [-0.15, -0.1) is 0 Å². The first-order valence-electron chi connectivity index (χ1n) is 21.2. The highest BCUT2D eigenvalue weighted by molar-refractivity contribution is 6.32. The van der Waals surface area contributed by atoms with E-state index in [-0.39, 0.29) is 5.78 Å². The Hall–Kier alpha value is -7.38. The summed E-state index contributed by atoms with van der Waals surface area (Å²) in [5.74, 6) is -0.379. The van der Waals surface area contributed by atoms with Crippen molar-refractivity contribution in [3.05, 3.63) is 250 Å². The van der Waals surface area contributed by atoms with Crippen LogP contribution in [-0.4, -0.2) is 28.5 Å². The van der Waals surface area contributed by atoms with Crippen molar-refractivity contribution in [2.24, 2.45) is 0 Å². The molecule has 1 aromatic heterocycles. The van der Waals surface area contributed by atoms with Crippen LogP contribution in [0.5, 0.6) is 5.75 Å². The van der Waals surface area contributed by atoms with Crippen molar-refractivity contribution in [2.75, 3.05) is 12.0 Å². The molecule has 1 heterocycles. The van der Waals surface area contributed by atoms with Crippen LogP contribution in [0.1, 0.15) is 44.2 Å². The van der Waals surface area contributed by atoms with Gasteiger partial charge in [-0.2, -0.15) is 0 Å². The molecule has 9 rings (SSSR count). The Morgan fingerprint density at radius 2 is 1.20 bits per heavy atom. The fourth-order valence-corrected chi connectivity index (χ4v) is 8.53. The first-order chi connectivity index (χ1) is 31.7. The standard InChI is InChI=1S/C29H24ClNO3.C28H22ClNO/c1-20-12-14-22(15-13-20)27(29(33)34)31(19-21-8-4-2-5-9-21)26-17-16-24(30)18-25(26)28(32)23-10-6-3-7-11-23;1-31-24-15-12-22(13-16-24)28-27(21-10-6-3-7-11-21)25-18-23(29)14-17-26(25)30(28)19-20-8-4-2-5-9-20/h2-18,27H,19H2,1H3,(H,33,34);2-18H,19H2,1H3. The molecular formula is C57H46Cl2N2O4. The summed E-state index contributed by atoms with van der Waals surface area (Å²) in [7, 11) is 1.69. The van der Waals surface area contributed by atoms with E-state index in [1.807, 2.05) is 91.9 Å². The molecule has 0 saturated heterocycles. The van der Waals surface area contributed by atoms with E-state index < -0.39 is 12.0 Å². The number of methoxy groups -OCH3 is 1. The normalized spacial score (nSPS) is 11.3. The number of fused-ring (bicyclic) bond motifs is 1. The van der Waals surface area contributed by atoms with Crippen molar-refractivity contribution in [1.82, 2.24) is 4.57 Å². The molecule has 1 unspecified atom stereocenters. The lowest BCUT2D eigenvalue weighted by Crippen LogP contribution is -2.35. The first kappa shape index (κ1) is 44.2. The molecule has 0 saturated carbocycles. The zero-order valence-corrected chi connectivity index (χ0v) is 37.5. The Bertz CT molecular complexity index is 3030. The number of ketones is 1. The number of carbonyl (C=O) groups is 2. The molecule has 65 heavy (non-hydrogen) atoms. The maximum absolute atomic E-state index is 13.5. The Labute approximate surface area is 389 Å². The second kappa shape index (κ2) is 20.4. The molecule has 322 valence electrons. The number of aromatic nitrogens is 1. The molecule has 1 atom stereocenters. The fourth-order valence-electron chi connectivity index (χ4n) is 8.19. The lowest BCUT2D eigenvalue weighted by atomic mass is 9.97. The van der Waals surface area contributed by atoms with Gasteiger partial charge < -0.3 is 19.3 Å². The van der Waals surface area contributed by atoms with Gasteiger partial charge in [-0.3, -0.25) is 4.79 Å². The number of hydrogen-bond acceptors (Lipinski definition) is 4. The van der Waals surface area contributed by atoms with Crippen LogP contribution in [0.4, 0.5) is 5.69 Å². The van der Waals surface area contributed by atoms with Crippen molar-refractivity contribution < 1.29 is 19.4 Å². The van der Waals surface area contributed by atoms with Crippen LogP contribution >= 0.6 is 23.2 Å². The number of aryl methyl sites for hydroxylation is 1. The summed E-state index contributed by atoms with van der Waals surface area (Å²) in [5, 5.41) is 12.7. The van der Waals surface area contributed by atoms with Gasteiger partial charge in [0, 0.05) is 56.4 Å². The minimum atomic E-state index is -1.01. The minimum Gasteiger partial charge on any atom is -0.497 e. The van der Waals surface area contributed by atoms with Gasteiger partial charge in [0.2, 0.25) is 0 Å². The van der Waals surface area contributed by atoms with Gasteiger partial charge in [0.05, 0.1) is 12.8 Å². The van der Waals surface area contributed by atoms with Crippen LogP contribution in [-0.2, 0) is 17.9 Å². The predicted molar refractivity (Wildman–Crippen MR) is 265 cm³/mol. The van der Waals surface area contributed by atoms with Crippen LogP contribution in [0.15, 0.2) is 206 Å². The van der Waals surface area contributed by atoms with Gasteiger partial charge in [0.15, 0.2) is 11.8 Å². The summed E-state index contributed by atoms with van der Waals surface area (Å²) in [6, 6.07) is 65.5. The molecule has 0 fully saturated rings. The van der Waals surface area contributed by atoms with E-state index in [9.17, 15) is 14.7 Å². The molecule has 0 aliphatic rings. The summed E-state index contributed by atoms with van der Waals surface area (Å²) in [4.78, 5) is 27.9. The number of hydrogen-bond donors (Lipinski definition) is 1. The van der Waals surface area contributed by atoms with E-state index in [4.69, 9.17) is 27.9 Å². The maximum Gasteiger partial charge on any atom is 0.331 e. The van der Waals surface area contributed by atoms with E-state index in [0.717, 1.165) is 44.9 Å². The zero-order valence-electron chi connectivity index (χ0n) is 35.9. The molecular weight excluding hydrogens is 848 g/mol. The van der Waals surface area contributed by atoms with E-state index >= 15 is 0 Å². The number of anilines is 1. The number of rotatable bonds is 13. The monoisotopic (exact) mass is 892 g/mol. The smallest absolute Gasteiger partial charge is 0.331 e. The van der Waals surface area contributed by atoms with Crippen molar-refractivity contribution >= 4 is 51.5 Å². The summed E-state index contributed by atoms with van der Waals surface area (Å²) >= 11 is 12.8. The highest BCUT2D eigenvalue weighted by atomic mass is 35.5.